The van der Waals surface area contributed by atoms with Gasteiger partial charge in [-0.2, -0.15) is 0 Å². The van der Waals surface area contributed by atoms with Crippen LogP contribution in [0.3, 0.4) is 0 Å². The molecule has 1 saturated heterocycles. The number of carbonyl (C=O) groups is 2. The molecule has 1 aromatic carbocycles. The molecule has 20 heavy (non-hydrogen) atoms. The normalized spacial score (nSPS) is 18.1. The van der Waals surface area contributed by atoms with Crippen molar-refractivity contribution in [3.8, 4) is 5.75 Å². The molecule has 4 heteroatoms. The molecule has 1 heterocycles. The van der Waals surface area contributed by atoms with Gasteiger partial charge in [-0.15, -0.1) is 0 Å². The molecule has 108 valence electrons. The molecule has 0 radical (unpaired) electrons. The van der Waals surface area contributed by atoms with Crippen molar-refractivity contribution in [2.75, 3.05) is 13.7 Å². The highest BCUT2D eigenvalue weighted by atomic mass is 16.5. The van der Waals surface area contributed by atoms with Gasteiger partial charge in [0.2, 0.25) is 5.91 Å². The van der Waals surface area contributed by atoms with E-state index < -0.39 is 0 Å². The van der Waals surface area contributed by atoms with Gasteiger partial charge in [-0.25, -0.2) is 0 Å². The molecule has 1 atom stereocenters. The van der Waals surface area contributed by atoms with Crippen molar-refractivity contribution in [3.63, 3.8) is 0 Å². The zero-order valence-electron chi connectivity index (χ0n) is 11.9. The van der Waals surface area contributed by atoms with Gasteiger partial charge in [0, 0.05) is 13.0 Å². The maximum absolute atomic E-state index is 12.1. The van der Waals surface area contributed by atoms with E-state index in [1.54, 1.807) is 12.0 Å². The van der Waals surface area contributed by atoms with Gasteiger partial charge < -0.3 is 14.4 Å². The molecule has 0 aromatic heterocycles. The number of rotatable bonds is 6. The van der Waals surface area contributed by atoms with Crippen LogP contribution in [0.5, 0.6) is 5.75 Å². The summed E-state index contributed by atoms with van der Waals surface area (Å²) in [5.41, 5.74) is 1.20. The van der Waals surface area contributed by atoms with Crippen LogP contribution < -0.4 is 4.74 Å². The first-order chi connectivity index (χ1) is 9.74. The van der Waals surface area contributed by atoms with E-state index in [1.165, 1.54) is 5.56 Å². The van der Waals surface area contributed by atoms with Crippen LogP contribution in [0, 0.1) is 0 Å². The number of nitrogens with zero attached hydrogens (tertiary/aromatic N) is 1. The minimum absolute atomic E-state index is 0.105. The number of aldehydes is 1. The number of amides is 1. The second kappa shape index (κ2) is 7.08. The minimum atomic E-state index is -0.191. The molecule has 0 bridgehead atoms. The van der Waals surface area contributed by atoms with Crippen LogP contribution >= 0.6 is 0 Å². The third kappa shape index (κ3) is 3.59. The SMILES string of the molecule is COc1ccc(CCCC(=O)N2CCC[C@H]2C=O)cc1. The third-order valence-electron chi connectivity index (χ3n) is 3.79. The predicted molar refractivity (Wildman–Crippen MR) is 76.7 cm³/mol. The summed E-state index contributed by atoms with van der Waals surface area (Å²) >= 11 is 0. The minimum Gasteiger partial charge on any atom is -0.497 e. The van der Waals surface area contributed by atoms with Crippen molar-refractivity contribution >= 4 is 12.2 Å². The standard InChI is InChI=1S/C16H21NO3/c1-20-15-9-7-13(8-10-15)4-2-6-16(19)17-11-3-5-14(17)12-18/h7-10,12,14H,2-6,11H2,1H3/t14-/m0/s1. The fourth-order valence-corrected chi connectivity index (χ4v) is 2.62. The summed E-state index contributed by atoms with van der Waals surface area (Å²) in [5, 5.41) is 0. The second-order valence-electron chi connectivity index (χ2n) is 5.13. The molecule has 0 spiro atoms. The summed E-state index contributed by atoms with van der Waals surface area (Å²) in [6, 6.07) is 7.71. The number of hydrogen-bond acceptors (Lipinski definition) is 3. The van der Waals surface area contributed by atoms with E-state index >= 15 is 0 Å². The number of likely N-dealkylation sites (tertiary alicyclic amines) is 1. The first-order valence-corrected chi connectivity index (χ1v) is 7.12. The Hall–Kier alpha value is -1.84. The number of methoxy groups -OCH3 is 1. The highest BCUT2D eigenvalue weighted by molar-refractivity contribution is 5.80. The summed E-state index contributed by atoms with van der Waals surface area (Å²) in [4.78, 5) is 24.6. The van der Waals surface area contributed by atoms with Gasteiger partial charge in [-0.1, -0.05) is 12.1 Å². The maximum Gasteiger partial charge on any atom is 0.223 e. The Labute approximate surface area is 119 Å². The summed E-state index contributed by atoms with van der Waals surface area (Å²) in [6.07, 6.45) is 4.84. The number of hydrogen-bond donors (Lipinski definition) is 0. The lowest BCUT2D eigenvalue weighted by Gasteiger charge is -2.20. The Morgan fingerprint density at radius 2 is 2.15 bits per heavy atom. The Balaban J connectivity index is 1.77. The molecule has 1 aromatic rings. The molecule has 0 aliphatic carbocycles. The van der Waals surface area contributed by atoms with E-state index in [2.05, 4.69) is 0 Å². The van der Waals surface area contributed by atoms with Gasteiger partial charge in [-0.05, 0) is 43.4 Å². The van der Waals surface area contributed by atoms with Crippen LogP contribution in [0.1, 0.15) is 31.2 Å². The highest BCUT2D eigenvalue weighted by Crippen LogP contribution is 2.18. The van der Waals surface area contributed by atoms with Gasteiger partial charge in [0.15, 0.2) is 0 Å². The van der Waals surface area contributed by atoms with E-state index in [9.17, 15) is 9.59 Å². The monoisotopic (exact) mass is 275 g/mol. The lowest BCUT2D eigenvalue weighted by Crippen LogP contribution is -2.36. The Kier molecular flexibility index (Phi) is 5.16. The molecule has 0 unspecified atom stereocenters. The average Bonchev–Trinajstić information content (AvgIpc) is 2.96. The molecule has 0 N–H and O–H groups in total. The number of benzene rings is 1. The summed E-state index contributed by atoms with van der Waals surface area (Å²) in [6.45, 7) is 0.727. The van der Waals surface area contributed by atoms with Gasteiger partial charge in [0.25, 0.3) is 0 Å². The highest BCUT2D eigenvalue weighted by Gasteiger charge is 2.27. The molecule has 2 rings (SSSR count). The fraction of sp³-hybridized carbons (Fsp3) is 0.500. The molecular weight excluding hydrogens is 254 g/mol. The predicted octanol–water partition coefficient (Wildman–Crippen LogP) is 2.21. The van der Waals surface area contributed by atoms with Crippen LogP contribution in [-0.4, -0.2) is 36.8 Å². The van der Waals surface area contributed by atoms with E-state index in [0.29, 0.717) is 6.42 Å². The third-order valence-corrected chi connectivity index (χ3v) is 3.79. The maximum atomic E-state index is 12.1. The van der Waals surface area contributed by atoms with Crippen LogP contribution in [0.25, 0.3) is 0 Å². The topological polar surface area (TPSA) is 46.6 Å². The average molecular weight is 275 g/mol. The molecule has 1 fully saturated rings. The number of aryl methyl sites for hydroxylation is 1. The van der Waals surface area contributed by atoms with Crippen LogP contribution in [0.4, 0.5) is 0 Å². The van der Waals surface area contributed by atoms with Crippen molar-refractivity contribution < 1.29 is 14.3 Å². The van der Waals surface area contributed by atoms with E-state index in [1.807, 2.05) is 24.3 Å². The van der Waals surface area contributed by atoms with Gasteiger partial charge in [-0.3, -0.25) is 4.79 Å². The largest absolute Gasteiger partial charge is 0.497 e. The van der Waals surface area contributed by atoms with Gasteiger partial charge >= 0.3 is 0 Å². The molecule has 1 amide bonds. The lowest BCUT2D eigenvalue weighted by atomic mass is 10.1. The molecule has 4 nitrogen and oxygen atoms in total. The molecule has 1 aliphatic heterocycles. The Bertz CT molecular complexity index is 455. The number of ether oxygens (including phenoxy) is 1. The smallest absolute Gasteiger partial charge is 0.223 e. The Morgan fingerprint density at radius 3 is 2.80 bits per heavy atom. The number of carbonyl (C=O) groups excluding carboxylic acids is 2. The zero-order valence-corrected chi connectivity index (χ0v) is 11.9. The fourth-order valence-electron chi connectivity index (χ4n) is 2.62. The first kappa shape index (κ1) is 14.6. The van der Waals surface area contributed by atoms with Crippen molar-refractivity contribution in [2.45, 2.75) is 38.1 Å². The summed E-state index contributed by atoms with van der Waals surface area (Å²) in [7, 11) is 1.65. The van der Waals surface area contributed by atoms with E-state index in [0.717, 1.165) is 44.3 Å². The van der Waals surface area contributed by atoms with Crippen molar-refractivity contribution in [3.05, 3.63) is 29.8 Å². The second-order valence-corrected chi connectivity index (χ2v) is 5.13. The van der Waals surface area contributed by atoms with Gasteiger partial charge in [0.05, 0.1) is 13.2 Å². The lowest BCUT2D eigenvalue weighted by molar-refractivity contribution is -0.134. The van der Waals surface area contributed by atoms with Crippen molar-refractivity contribution in [1.29, 1.82) is 0 Å². The van der Waals surface area contributed by atoms with Crippen molar-refractivity contribution in [2.24, 2.45) is 0 Å². The first-order valence-electron chi connectivity index (χ1n) is 7.12. The summed E-state index contributed by atoms with van der Waals surface area (Å²) in [5.74, 6) is 0.948. The van der Waals surface area contributed by atoms with E-state index in [4.69, 9.17) is 4.74 Å². The van der Waals surface area contributed by atoms with Crippen LogP contribution in [-0.2, 0) is 16.0 Å². The quantitative estimate of drug-likeness (QED) is 0.748. The zero-order chi connectivity index (χ0) is 14.4. The van der Waals surface area contributed by atoms with Gasteiger partial charge in [0.1, 0.15) is 12.0 Å². The van der Waals surface area contributed by atoms with Crippen molar-refractivity contribution in [1.82, 2.24) is 4.90 Å². The van der Waals surface area contributed by atoms with Crippen LogP contribution in [0.15, 0.2) is 24.3 Å². The Morgan fingerprint density at radius 1 is 1.40 bits per heavy atom. The molecule has 1 aliphatic rings. The van der Waals surface area contributed by atoms with Crippen LogP contribution in [0.2, 0.25) is 0 Å². The summed E-state index contributed by atoms with van der Waals surface area (Å²) < 4.78 is 5.11. The molecular formula is C16H21NO3. The molecule has 0 saturated carbocycles. The van der Waals surface area contributed by atoms with E-state index in [-0.39, 0.29) is 11.9 Å².